The number of aliphatic hydroxyl groups is 1. The predicted octanol–water partition coefficient (Wildman–Crippen LogP) is 2.90. The topological polar surface area (TPSA) is 58.6 Å². The molecule has 1 aliphatic carbocycles. The van der Waals surface area contributed by atoms with Crippen LogP contribution in [-0.4, -0.2) is 29.8 Å². The average molecular weight is 291 g/mol. The molecule has 0 aliphatic heterocycles. The summed E-state index contributed by atoms with van der Waals surface area (Å²) in [6, 6.07) is 7.33. The molecule has 0 radical (unpaired) electrons. The van der Waals surface area contributed by atoms with Crippen LogP contribution in [0.25, 0.3) is 0 Å². The molecule has 2 N–H and O–H groups in total. The highest BCUT2D eigenvalue weighted by Gasteiger charge is 2.15. The highest BCUT2D eigenvalue weighted by atomic mass is 16.5. The van der Waals surface area contributed by atoms with Crippen LogP contribution in [0.3, 0.4) is 0 Å². The van der Waals surface area contributed by atoms with Crippen molar-refractivity contribution in [1.82, 2.24) is 5.32 Å². The Morgan fingerprint density at radius 1 is 1.38 bits per heavy atom. The number of carbonyl (C=O) groups is 1. The first-order valence-electron chi connectivity index (χ1n) is 7.88. The summed E-state index contributed by atoms with van der Waals surface area (Å²) in [7, 11) is 0. The lowest BCUT2D eigenvalue weighted by Gasteiger charge is -2.23. The van der Waals surface area contributed by atoms with Gasteiger partial charge in [-0.15, -0.1) is 0 Å². The molecule has 1 saturated carbocycles. The van der Waals surface area contributed by atoms with Crippen molar-refractivity contribution in [2.75, 3.05) is 6.54 Å². The minimum atomic E-state index is -0.397. The van der Waals surface area contributed by atoms with Crippen LogP contribution >= 0.6 is 0 Å². The van der Waals surface area contributed by atoms with Gasteiger partial charge in [-0.05, 0) is 57.2 Å². The maximum Gasteiger partial charge on any atom is 0.251 e. The molecule has 1 unspecified atom stereocenters. The van der Waals surface area contributed by atoms with Crippen molar-refractivity contribution in [3.05, 3.63) is 29.8 Å². The number of hydrogen-bond acceptors (Lipinski definition) is 3. The Morgan fingerprint density at radius 2 is 2.14 bits per heavy atom. The summed E-state index contributed by atoms with van der Waals surface area (Å²) < 4.78 is 5.97. The third kappa shape index (κ3) is 5.38. The summed E-state index contributed by atoms with van der Waals surface area (Å²) in [5, 5.41) is 12.0. The first-order chi connectivity index (χ1) is 10.1. The van der Waals surface area contributed by atoms with Crippen molar-refractivity contribution >= 4 is 5.91 Å². The van der Waals surface area contributed by atoms with E-state index in [-0.39, 0.29) is 12.0 Å². The molecule has 0 bridgehead atoms. The van der Waals surface area contributed by atoms with Crippen molar-refractivity contribution in [3.63, 3.8) is 0 Å². The van der Waals surface area contributed by atoms with E-state index in [2.05, 4.69) is 5.32 Å². The van der Waals surface area contributed by atoms with Crippen molar-refractivity contribution in [3.8, 4) is 5.75 Å². The highest BCUT2D eigenvalue weighted by molar-refractivity contribution is 5.94. The van der Waals surface area contributed by atoms with Crippen LogP contribution in [-0.2, 0) is 0 Å². The van der Waals surface area contributed by atoms with Gasteiger partial charge in [0.15, 0.2) is 0 Å². The molecule has 116 valence electrons. The zero-order chi connectivity index (χ0) is 15.1. The van der Waals surface area contributed by atoms with E-state index in [1.54, 1.807) is 19.1 Å². The van der Waals surface area contributed by atoms with Crippen LogP contribution in [0.2, 0.25) is 0 Å². The van der Waals surface area contributed by atoms with Crippen LogP contribution in [0.5, 0.6) is 5.75 Å². The summed E-state index contributed by atoms with van der Waals surface area (Å²) >= 11 is 0. The molecule has 1 aliphatic rings. The number of rotatable bonds is 6. The van der Waals surface area contributed by atoms with E-state index in [0.717, 1.165) is 18.6 Å². The van der Waals surface area contributed by atoms with Crippen LogP contribution < -0.4 is 10.1 Å². The molecule has 1 atom stereocenters. The summed E-state index contributed by atoms with van der Waals surface area (Å²) in [6.45, 7) is 2.19. The summed E-state index contributed by atoms with van der Waals surface area (Å²) in [4.78, 5) is 12.0. The highest BCUT2D eigenvalue weighted by Crippen LogP contribution is 2.23. The van der Waals surface area contributed by atoms with E-state index in [1.807, 2.05) is 12.1 Å². The van der Waals surface area contributed by atoms with Crippen LogP contribution in [0.15, 0.2) is 24.3 Å². The normalized spacial score (nSPS) is 17.2. The van der Waals surface area contributed by atoms with E-state index in [1.165, 1.54) is 19.3 Å². The molecule has 0 heterocycles. The van der Waals surface area contributed by atoms with Crippen LogP contribution in [0.1, 0.15) is 55.8 Å². The fourth-order valence-electron chi connectivity index (χ4n) is 2.58. The standard InChI is InChI=1S/C17H25NO3/c1-13(19)10-11-18-17(20)14-6-5-9-16(12-14)21-15-7-3-2-4-8-15/h5-6,9,12-13,15,19H,2-4,7-8,10-11H2,1H3,(H,18,20). The molecule has 1 fully saturated rings. The number of ether oxygens (including phenoxy) is 1. The number of aliphatic hydroxyl groups excluding tert-OH is 1. The number of carbonyl (C=O) groups excluding carboxylic acids is 1. The third-order valence-electron chi connectivity index (χ3n) is 3.80. The maximum absolute atomic E-state index is 12.0. The second kappa shape index (κ2) is 8.03. The van der Waals surface area contributed by atoms with Gasteiger partial charge in [0.25, 0.3) is 5.91 Å². The number of nitrogens with one attached hydrogen (secondary N) is 1. The largest absolute Gasteiger partial charge is 0.490 e. The minimum absolute atomic E-state index is 0.121. The van der Waals surface area contributed by atoms with Gasteiger partial charge in [0.1, 0.15) is 5.75 Å². The second-order valence-corrected chi connectivity index (χ2v) is 5.80. The van der Waals surface area contributed by atoms with Crippen LogP contribution in [0, 0.1) is 0 Å². The van der Waals surface area contributed by atoms with Gasteiger partial charge in [-0.2, -0.15) is 0 Å². The zero-order valence-electron chi connectivity index (χ0n) is 12.7. The number of hydrogen-bond donors (Lipinski definition) is 2. The van der Waals surface area contributed by atoms with Crippen molar-refractivity contribution < 1.29 is 14.6 Å². The van der Waals surface area contributed by atoms with Gasteiger partial charge in [0.05, 0.1) is 12.2 Å². The van der Waals surface area contributed by atoms with Gasteiger partial charge < -0.3 is 15.2 Å². The van der Waals surface area contributed by atoms with Gasteiger partial charge >= 0.3 is 0 Å². The number of benzene rings is 1. The first-order valence-corrected chi connectivity index (χ1v) is 7.88. The Hall–Kier alpha value is -1.55. The second-order valence-electron chi connectivity index (χ2n) is 5.80. The van der Waals surface area contributed by atoms with Crippen molar-refractivity contribution in [1.29, 1.82) is 0 Å². The maximum atomic E-state index is 12.0. The molecule has 4 nitrogen and oxygen atoms in total. The summed E-state index contributed by atoms with van der Waals surface area (Å²) in [5.41, 5.74) is 0.605. The van der Waals surface area contributed by atoms with Crippen LogP contribution in [0.4, 0.5) is 0 Å². The first kappa shape index (κ1) is 15.8. The molecule has 2 rings (SSSR count). The lowest BCUT2D eigenvalue weighted by molar-refractivity contribution is 0.0944. The Balaban J connectivity index is 1.88. The van der Waals surface area contributed by atoms with Gasteiger partial charge in [0.2, 0.25) is 0 Å². The Kier molecular flexibility index (Phi) is 6.05. The smallest absolute Gasteiger partial charge is 0.251 e. The molecule has 0 aromatic heterocycles. The monoisotopic (exact) mass is 291 g/mol. The minimum Gasteiger partial charge on any atom is -0.490 e. The van der Waals surface area contributed by atoms with E-state index in [9.17, 15) is 9.90 Å². The fraction of sp³-hybridized carbons (Fsp3) is 0.588. The Bertz CT molecular complexity index is 453. The average Bonchev–Trinajstić information content (AvgIpc) is 2.48. The molecule has 0 spiro atoms. The molecule has 1 aromatic carbocycles. The summed E-state index contributed by atoms with van der Waals surface area (Å²) in [6.07, 6.45) is 6.40. The lowest BCUT2D eigenvalue weighted by atomic mass is 9.98. The molecule has 21 heavy (non-hydrogen) atoms. The zero-order valence-corrected chi connectivity index (χ0v) is 12.7. The Labute approximate surface area is 126 Å². The molecular weight excluding hydrogens is 266 g/mol. The van der Waals surface area contributed by atoms with E-state index in [4.69, 9.17) is 4.74 Å². The fourth-order valence-corrected chi connectivity index (χ4v) is 2.58. The predicted molar refractivity (Wildman–Crippen MR) is 82.6 cm³/mol. The van der Waals surface area contributed by atoms with Gasteiger partial charge in [0, 0.05) is 12.1 Å². The lowest BCUT2D eigenvalue weighted by Crippen LogP contribution is -2.26. The van der Waals surface area contributed by atoms with Gasteiger partial charge in [-0.3, -0.25) is 4.79 Å². The van der Waals surface area contributed by atoms with Crippen molar-refractivity contribution in [2.45, 2.75) is 57.7 Å². The number of amides is 1. The van der Waals surface area contributed by atoms with E-state index < -0.39 is 6.10 Å². The SMILES string of the molecule is CC(O)CCNC(=O)c1cccc(OC2CCCCC2)c1. The third-order valence-corrected chi connectivity index (χ3v) is 3.80. The molecular formula is C17H25NO3. The van der Waals surface area contributed by atoms with Gasteiger partial charge in [-0.25, -0.2) is 0 Å². The molecule has 1 amide bonds. The molecule has 0 saturated heterocycles. The van der Waals surface area contributed by atoms with Gasteiger partial charge in [-0.1, -0.05) is 12.5 Å². The molecule has 4 heteroatoms. The van der Waals surface area contributed by atoms with Crippen molar-refractivity contribution in [2.24, 2.45) is 0 Å². The van der Waals surface area contributed by atoms with E-state index in [0.29, 0.717) is 18.5 Å². The summed E-state index contributed by atoms with van der Waals surface area (Å²) in [5.74, 6) is 0.648. The molecule has 1 aromatic rings. The van der Waals surface area contributed by atoms with E-state index >= 15 is 0 Å². The Morgan fingerprint density at radius 3 is 2.86 bits per heavy atom. The quantitative estimate of drug-likeness (QED) is 0.847.